The number of hydrogen-bond acceptors (Lipinski definition) is 7. The second-order valence-corrected chi connectivity index (χ2v) is 7.90. The minimum absolute atomic E-state index is 0.0142. The summed E-state index contributed by atoms with van der Waals surface area (Å²) in [5, 5.41) is 4.04. The Hall–Kier alpha value is -3.72. The molecular weight excluding hydrogens is 436 g/mol. The summed E-state index contributed by atoms with van der Waals surface area (Å²) in [6.07, 6.45) is 0.441. The minimum Gasteiger partial charge on any atom is -0.493 e. The number of amides is 2. The van der Waals surface area contributed by atoms with E-state index in [0.717, 1.165) is 5.56 Å². The number of ether oxygens (including phenoxy) is 2. The van der Waals surface area contributed by atoms with Crippen LogP contribution in [-0.2, 0) is 11.2 Å². The molecule has 1 saturated heterocycles. The lowest BCUT2D eigenvalue weighted by Crippen LogP contribution is -2.40. The van der Waals surface area contributed by atoms with E-state index in [4.69, 9.17) is 14.0 Å². The lowest BCUT2D eigenvalue weighted by atomic mass is 10.1. The number of nitrogens with zero attached hydrogens (tertiary/aromatic N) is 4. The molecule has 3 aromatic rings. The van der Waals surface area contributed by atoms with Gasteiger partial charge in [0.15, 0.2) is 5.82 Å². The molecule has 1 aliphatic heterocycles. The van der Waals surface area contributed by atoms with Crippen molar-refractivity contribution in [1.29, 1.82) is 0 Å². The summed E-state index contributed by atoms with van der Waals surface area (Å²) in [7, 11) is 1.73. The molecule has 4 rings (SSSR count). The quantitative estimate of drug-likeness (QED) is 0.506. The van der Waals surface area contributed by atoms with Crippen LogP contribution in [-0.4, -0.2) is 78.3 Å². The highest BCUT2D eigenvalue weighted by molar-refractivity contribution is 5.96. The van der Waals surface area contributed by atoms with Gasteiger partial charge >= 0.3 is 0 Å². The maximum atomic E-state index is 12.8. The molecule has 1 aromatic heterocycles. The zero-order chi connectivity index (χ0) is 23.9. The molecule has 2 aromatic carbocycles. The fourth-order valence-electron chi connectivity index (χ4n) is 3.68. The molecule has 0 N–H and O–H groups in total. The predicted molar refractivity (Wildman–Crippen MR) is 125 cm³/mol. The fourth-order valence-corrected chi connectivity index (χ4v) is 3.68. The normalized spacial score (nSPS) is 13.5. The summed E-state index contributed by atoms with van der Waals surface area (Å²) in [4.78, 5) is 33.3. The van der Waals surface area contributed by atoms with Gasteiger partial charge in [0.1, 0.15) is 5.75 Å². The fraction of sp³-hybridized carbons (Fsp3) is 0.360. The van der Waals surface area contributed by atoms with E-state index < -0.39 is 0 Å². The van der Waals surface area contributed by atoms with Crippen molar-refractivity contribution in [3.05, 3.63) is 65.5 Å². The standard InChI is InChI=1S/C25H28N4O5/c1-3-33-21-7-5-4-6-20(21)25(31)28(2)13-12-22-26-23(34-27-22)18-8-10-19(11-9-18)24(30)29-14-16-32-17-15-29/h4-11H,3,12-17H2,1-2H3. The van der Waals surface area contributed by atoms with Gasteiger partial charge in [-0.05, 0) is 43.3 Å². The Labute approximate surface area is 198 Å². The first-order valence-electron chi connectivity index (χ1n) is 11.3. The molecule has 1 aliphatic rings. The van der Waals surface area contributed by atoms with Crippen molar-refractivity contribution in [3.8, 4) is 17.2 Å². The van der Waals surface area contributed by atoms with Gasteiger partial charge in [0.05, 0.1) is 25.4 Å². The lowest BCUT2D eigenvalue weighted by molar-refractivity contribution is 0.0303. The molecule has 0 spiro atoms. The van der Waals surface area contributed by atoms with E-state index in [1.54, 1.807) is 53.2 Å². The molecule has 1 fully saturated rings. The van der Waals surface area contributed by atoms with Crippen LogP contribution in [0.3, 0.4) is 0 Å². The van der Waals surface area contributed by atoms with Crippen LogP contribution in [0.1, 0.15) is 33.5 Å². The number of carbonyl (C=O) groups is 2. The predicted octanol–water partition coefficient (Wildman–Crippen LogP) is 2.92. The van der Waals surface area contributed by atoms with E-state index in [1.165, 1.54) is 0 Å². The van der Waals surface area contributed by atoms with E-state index in [9.17, 15) is 9.59 Å². The summed E-state index contributed by atoms with van der Waals surface area (Å²) in [5.41, 5.74) is 1.86. The maximum absolute atomic E-state index is 12.8. The van der Waals surface area contributed by atoms with Crippen molar-refractivity contribution in [2.24, 2.45) is 0 Å². The van der Waals surface area contributed by atoms with Crippen LogP contribution in [0.25, 0.3) is 11.5 Å². The molecule has 0 bridgehead atoms. The molecule has 9 nitrogen and oxygen atoms in total. The van der Waals surface area contributed by atoms with Crippen molar-refractivity contribution in [3.63, 3.8) is 0 Å². The average molecular weight is 465 g/mol. The van der Waals surface area contributed by atoms with Crippen LogP contribution < -0.4 is 4.74 Å². The summed E-state index contributed by atoms with van der Waals surface area (Å²) < 4.78 is 16.3. The van der Waals surface area contributed by atoms with Crippen molar-refractivity contribution >= 4 is 11.8 Å². The number of morpholine rings is 1. The summed E-state index contributed by atoms with van der Waals surface area (Å²) in [6.45, 7) is 5.12. The maximum Gasteiger partial charge on any atom is 0.257 e. The minimum atomic E-state index is -0.131. The Bertz CT molecular complexity index is 1120. The number of para-hydroxylation sites is 1. The molecule has 9 heteroatoms. The van der Waals surface area contributed by atoms with Crippen LogP contribution in [0.5, 0.6) is 5.75 Å². The number of carbonyl (C=O) groups excluding carboxylic acids is 2. The third kappa shape index (κ3) is 5.43. The second-order valence-electron chi connectivity index (χ2n) is 7.90. The first-order chi connectivity index (χ1) is 16.6. The van der Waals surface area contributed by atoms with Crippen LogP contribution in [0.15, 0.2) is 53.1 Å². The molecule has 0 radical (unpaired) electrons. The Kier molecular flexibility index (Phi) is 7.54. The highest BCUT2D eigenvalue weighted by atomic mass is 16.5. The van der Waals surface area contributed by atoms with Crippen LogP contribution in [0.4, 0.5) is 0 Å². The summed E-state index contributed by atoms with van der Waals surface area (Å²) >= 11 is 0. The molecule has 2 amide bonds. The third-order valence-corrected chi connectivity index (χ3v) is 5.58. The highest BCUT2D eigenvalue weighted by Gasteiger charge is 2.20. The van der Waals surface area contributed by atoms with Gasteiger partial charge in [0, 0.05) is 44.2 Å². The Morgan fingerprint density at radius 1 is 1.09 bits per heavy atom. The topological polar surface area (TPSA) is 98.0 Å². The number of aromatic nitrogens is 2. The monoisotopic (exact) mass is 464 g/mol. The number of hydrogen-bond donors (Lipinski definition) is 0. The molecule has 2 heterocycles. The van der Waals surface area contributed by atoms with Gasteiger partial charge in [-0.3, -0.25) is 9.59 Å². The van der Waals surface area contributed by atoms with E-state index in [1.807, 2.05) is 19.1 Å². The van der Waals surface area contributed by atoms with E-state index in [2.05, 4.69) is 10.1 Å². The van der Waals surface area contributed by atoms with E-state index >= 15 is 0 Å². The zero-order valence-electron chi connectivity index (χ0n) is 19.4. The highest BCUT2D eigenvalue weighted by Crippen LogP contribution is 2.21. The molecule has 0 unspecified atom stereocenters. The number of likely N-dealkylation sites (N-methyl/N-ethyl adjacent to an activating group) is 1. The van der Waals surface area contributed by atoms with Gasteiger partial charge < -0.3 is 23.8 Å². The lowest BCUT2D eigenvalue weighted by Gasteiger charge is -2.26. The Morgan fingerprint density at radius 2 is 1.82 bits per heavy atom. The first kappa shape index (κ1) is 23.4. The van der Waals surface area contributed by atoms with Gasteiger partial charge in [-0.25, -0.2) is 0 Å². The largest absolute Gasteiger partial charge is 0.493 e. The molecule has 0 saturated carbocycles. The van der Waals surface area contributed by atoms with Gasteiger partial charge in [-0.2, -0.15) is 4.98 Å². The van der Waals surface area contributed by atoms with E-state index in [0.29, 0.717) is 74.5 Å². The van der Waals surface area contributed by atoms with Crippen molar-refractivity contribution in [2.75, 3.05) is 46.5 Å². The summed E-state index contributed by atoms with van der Waals surface area (Å²) in [6, 6.07) is 14.3. The van der Waals surface area contributed by atoms with Crippen molar-refractivity contribution in [1.82, 2.24) is 19.9 Å². The van der Waals surface area contributed by atoms with Crippen LogP contribution >= 0.6 is 0 Å². The molecular formula is C25H28N4O5. The molecule has 34 heavy (non-hydrogen) atoms. The molecule has 178 valence electrons. The second kappa shape index (κ2) is 10.9. The van der Waals surface area contributed by atoms with Crippen LogP contribution in [0.2, 0.25) is 0 Å². The first-order valence-corrected chi connectivity index (χ1v) is 11.3. The molecule has 0 aliphatic carbocycles. The van der Waals surface area contributed by atoms with Gasteiger partial charge in [-0.15, -0.1) is 0 Å². The van der Waals surface area contributed by atoms with Gasteiger partial charge in [0.2, 0.25) is 0 Å². The third-order valence-electron chi connectivity index (χ3n) is 5.58. The molecule has 0 atom stereocenters. The Morgan fingerprint density at radius 3 is 2.56 bits per heavy atom. The van der Waals surface area contributed by atoms with Crippen molar-refractivity contribution < 1.29 is 23.6 Å². The smallest absolute Gasteiger partial charge is 0.257 e. The average Bonchev–Trinajstić information content (AvgIpc) is 3.37. The van der Waals surface area contributed by atoms with E-state index in [-0.39, 0.29) is 11.8 Å². The summed E-state index contributed by atoms with van der Waals surface area (Å²) in [5.74, 6) is 1.30. The number of rotatable bonds is 8. The van der Waals surface area contributed by atoms with Crippen LogP contribution in [0, 0.1) is 0 Å². The zero-order valence-corrected chi connectivity index (χ0v) is 19.4. The van der Waals surface area contributed by atoms with Gasteiger partial charge in [0.25, 0.3) is 17.7 Å². The number of benzene rings is 2. The van der Waals surface area contributed by atoms with Crippen molar-refractivity contribution in [2.45, 2.75) is 13.3 Å². The SMILES string of the molecule is CCOc1ccccc1C(=O)N(C)CCc1noc(-c2ccc(C(=O)N3CCOCC3)cc2)n1. The van der Waals surface area contributed by atoms with Gasteiger partial charge in [-0.1, -0.05) is 17.3 Å². The Balaban J connectivity index is 1.35.